The number of benzene rings is 3. The van der Waals surface area contributed by atoms with E-state index in [0.717, 1.165) is 0 Å². The zero-order valence-electron chi connectivity index (χ0n) is 18.6. The lowest BCUT2D eigenvalue weighted by atomic mass is 10.1. The SMILES string of the molecule is COc1cc(/C=C(\C#N)C(=O)Nc2ccc(C)cc2[N+](=O)[O-])cc(I)c1OC(=O)c1ccccc1. The first-order valence-electron chi connectivity index (χ1n) is 10.1. The Hall–Kier alpha value is -4.24. The van der Waals surface area contributed by atoms with Gasteiger partial charge in [0.2, 0.25) is 0 Å². The van der Waals surface area contributed by atoms with E-state index >= 15 is 0 Å². The van der Waals surface area contributed by atoms with Gasteiger partial charge in [-0.25, -0.2) is 4.79 Å². The molecule has 0 heterocycles. The fourth-order valence-corrected chi connectivity index (χ4v) is 3.79. The van der Waals surface area contributed by atoms with Gasteiger partial charge in [-0.2, -0.15) is 5.26 Å². The largest absolute Gasteiger partial charge is 0.493 e. The number of hydrogen-bond acceptors (Lipinski definition) is 7. The summed E-state index contributed by atoms with van der Waals surface area (Å²) < 4.78 is 11.4. The maximum absolute atomic E-state index is 12.7. The van der Waals surface area contributed by atoms with Crippen LogP contribution in [-0.4, -0.2) is 23.9 Å². The molecule has 3 aromatic rings. The van der Waals surface area contributed by atoms with Crippen molar-refractivity contribution in [3.8, 4) is 17.6 Å². The summed E-state index contributed by atoms with van der Waals surface area (Å²) in [7, 11) is 1.40. The van der Waals surface area contributed by atoms with Gasteiger partial charge in [-0.1, -0.05) is 24.3 Å². The van der Waals surface area contributed by atoms with E-state index < -0.39 is 16.8 Å². The van der Waals surface area contributed by atoms with Crippen molar-refractivity contribution in [3.05, 3.63) is 96.6 Å². The predicted octanol–water partition coefficient (Wildman–Crippen LogP) is 5.28. The number of rotatable bonds is 7. The Labute approximate surface area is 214 Å². The second-order valence-corrected chi connectivity index (χ2v) is 8.35. The Morgan fingerprint density at radius 2 is 1.86 bits per heavy atom. The van der Waals surface area contributed by atoms with Crippen LogP contribution in [0.15, 0.2) is 66.2 Å². The van der Waals surface area contributed by atoms with E-state index in [0.29, 0.717) is 20.3 Å². The summed E-state index contributed by atoms with van der Waals surface area (Å²) in [5, 5.41) is 23.3. The number of anilines is 1. The van der Waals surface area contributed by atoms with E-state index in [1.807, 2.05) is 22.6 Å². The van der Waals surface area contributed by atoms with Gasteiger partial charge in [0.05, 0.1) is 21.2 Å². The number of carbonyl (C=O) groups is 2. The van der Waals surface area contributed by atoms with Crippen molar-refractivity contribution in [1.29, 1.82) is 5.26 Å². The van der Waals surface area contributed by atoms with Crippen molar-refractivity contribution in [2.24, 2.45) is 0 Å². The highest BCUT2D eigenvalue weighted by atomic mass is 127. The summed E-state index contributed by atoms with van der Waals surface area (Å²) in [4.78, 5) is 35.9. The standard InChI is InChI=1S/C25H18IN3O6/c1-15-8-9-20(21(10-15)29(32)33)28-24(30)18(14-27)11-16-12-19(26)23(22(13-16)34-2)35-25(31)17-6-4-3-5-7-17/h3-13H,1-2H3,(H,28,30)/b18-11+. The van der Waals surface area contributed by atoms with E-state index in [-0.39, 0.29) is 28.4 Å². The van der Waals surface area contributed by atoms with Gasteiger partial charge in [-0.3, -0.25) is 14.9 Å². The summed E-state index contributed by atoms with van der Waals surface area (Å²) in [5.74, 6) is -0.966. The number of nitrogens with one attached hydrogen (secondary N) is 1. The molecule has 1 N–H and O–H groups in total. The summed E-state index contributed by atoms with van der Waals surface area (Å²) in [6.45, 7) is 1.69. The lowest BCUT2D eigenvalue weighted by molar-refractivity contribution is -0.384. The molecule has 0 fully saturated rings. The minimum absolute atomic E-state index is 0.0258. The highest BCUT2D eigenvalue weighted by Gasteiger charge is 2.20. The molecule has 0 atom stereocenters. The molecule has 9 nitrogen and oxygen atoms in total. The molecule has 0 aliphatic rings. The van der Waals surface area contributed by atoms with Gasteiger partial charge in [0.15, 0.2) is 11.5 Å². The maximum Gasteiger partial charge on any atom is 0.343 e. The number of aryl methyl sites for hydroxylation is 1. The number of ether oxygens (including phenoxy) is 2. The Bertz CT molecular complexity index is 1380. The molecule has 0 unspecified atom stereocenters. The number of hydrogen-bond donors (Lipinski definition) is 1. The Morgan fingerprint density at radius 3 is 2.49 bits per heavy atom. The van der Waals surface area contributed by atoms with Gasteiger partial charge >= 0.3 is 5.97 Å². The maximum atomic E-state index is 12.7. The van der Waals surface area contributed by atoms with E-state index in [1.54, 1.807) is 55.5 Å². The van der Waals surface area contributed by atoms with Crippen molar-refractivity contribution in [1.82, 2.24) is 0 Å². The van der Waals surface area contributed by atoms with Gasteiger partial charge in [0.1, 0.15) is 17.3 Å². The molecule has 0 bridgehead atoms. The van der Waals surface area contributed by atoms with E-state index in [1.165, 1.54) is 31.4 Å². The third-order valence-electron chi connectivity index (χ3n) is 4.73. The minimum Gasteiger partial charge on any atom is -0.493 e. The molecular weight excluding hydrogens is 565 g/mol. The highest BCUT2D eigenvalue weighted by Crippen LogP contribution is 2.35. The molecule has 1 amide bonds. The molecule has 3 rings (SSSR count). The first-order chi connectivity index (χ1) is 16.7. The molecule has 10 heteroatoms. The monoisotopic (exact) mass is 583 g/mol. The zero-order valence-corrected chi connectivity index (χ0v) is 20.7. The Balaban J connectivity index is 1.89. The number of nitrogens with zero attached hydrogens (tertiary/aromatic N) is 2. The average molecular weight is 583 g/mol. The second kappa shape index (κ2) is 11.3. The number of halogens is 1. The quantitative estimate of drug-likeness (QED) is 0.0762. The van der Waals surface area contributed by atoms with Gasteiger partial charge < -0.3 is 14.8 Å². The predicted molar refractivity (Wildman–Crippen MR) is 137 cm³/mol. The topological polar surface area (TPSA) is 132 Å². The first-order valence-corrected chi connectivity index (χ1v) is 11.1. The Kier molecular flexibility index (Phi) is 8.17. The van der Waals surface area contributed by atoms with Crippen LogP contribution in [0.3, 0.4) is 0 Å². The van der Waals surface area contributed by atoms with Crippen LogP contribution in [0.4, 0.5) is 11.4 Å². The van der Waals surface area contributed by atoms with Crippen LogP contribution in [0.2, 0.25) is 0 Å². The fourth-order valence-electron chi connectivity index (χ4n) is 3.05. The van der Waals surface area contributed by atoms with Crippen molar-refractivity contribution in [3.63, 3.8) is 0 Å². The van der Waals surface area contributed by atoms with Crippen molar-refractivity contribution in [2.75, 3.05) is 12.4 Å². The van der Waals surface area contributed by atoms with Gasteiger partial charge in [-0.05, 0) is 77.0 Å². The smallest absolute Gasteiger partial charge is 0.343 e. The second-order valence-electron chi connectivity index (χ2n) is 7.19. The molecular formula is C25H18IN3O6. The number of amides is 1. The van der Waals surface area contributed by atoms with Crippen molar-refractivity contribution < 1.29 is 24.0 Å². The number of esters is 1. The van der Waals surface area contributed by atoms with E-state index in [2.05, 4.69) is 5.32 Å². The number of carbonyl (C=O) groups excluding carboxylic acids is 2. The molecule has 0 saturated heterocycles. The lowest BCUT2D eigenvalue weighted by Crippen LogP contribution is -2.14. The van der Waals surface area contributed by atoms with Crippen LogP contribution >= 0.6 is 22.6 Å². The third-order valence-corrected chi connectivity index (χ3v) is 5.53. The normalized spacial score (nSPS) is 10.7. The molecule has 3 aromatic carbocycles. The van der Waals surface area contributed by atoms with Crippen LogP contribution in [0.25, 0.3) is 6.08 Å². The van der Waals surface area contributed by atoms with Crippen molar-refractivity contribution >= 4 is 51.9 Å². The highest BCUT2D eigenvalue weighted by molar-refractivity contribution is 14.1. The Morgan fingerprint density at radius 1 is 1.14 bits per heavy atom. The van der Waals surface area contributed by atoms with Crippen LogP contribution in [0.1, 0.15) is 21.5 Å². The number of methoxy groups -OCH3 is 1. The molecule has 0 aliphatic carbocycles. The molecule has 0 aliphatic heterocycles. The number of nitro groups is 1. The molecule has 0 radical (unpaired) electrons. The summed E-state index contributed by atoms with van der Waals surface area (Å²) in [6.07, 6.45) is 1.31. The average Bonchev–Trinajstić information content (AvgIpc) is 2.85. The van der Waals surface area contributed by atoms with E-state index in [9.17, 15) is 25.0 Å². The molecule has 0 aromatic heterocycles. The van der Waals surface area contributed by atoms with Gasteiger partial charge in [0.25, 0.3) is 11.6 Å². The number of nitriles is 1. The van der Waals surface area contributed by atoms with E-state index in [4.69, 9.17) is 9.47 Å². The third kappa shape index (κ3) is 6.21. The molecule has 176 valence electrons. The van der Waals surface area contributed by atoms with Gasteiger partial charge in [-0.15, -0.1) is 0 Å². The summed E-state index contributed by atoms with van der Waals surface area (Å²) >= 11 is 1.95. The first kappa shape index (κ1) is 25.4. The fraction of sp³-hybridized carbons (Fsp3) is 0.0800. The summed E-state index contributed by atoms with van der Waals surface area (Å²) in [5.41, 5.74) is 0.851. The minimum atomic E-state index is -0.812. The molecule has 35 heavy (non-hydrogen) atoms. The zero-order chi connectivity index (χ0) is 25.5. The van der Waals surface area contributed by atoms with Crippen LogP contribution in [-0.2, 0) is 4.79 Å². The number of nitro benzene ring substituents is 1. The lowest BCUT2D eigenvalue weighted by Gasteiger charge is -2.12. The van der Waals surface area contributed by atoms with Crippen LogP contribution in [0, 0.1) is 31.9 Å². The molecule has 0 spiro atoms. The van der Waals surface area contributed by atoms with Crippen LogP contribution < -0.4 is 14.8 Å². The van der Waals surface area contributed by atoms with Crippen LogP contribution in [0.5, 0.6) is 11.5 Å². The van der Waals surface area contributed by atoms with Crippen molar-refractivity contribution in [2.45, 2.75) is 6.92 Å². The summed E-state index contributed by atoms with van der Waals surface area (Å²) in [6, 6.07) is 17.7. The van der Waals surface area contributed by atoms with Gasteiger partial charge in [0, 0.05) is 6.07 Å². The molecule has 0 saturated carbocycles.